The number of ether oxygens (including phenoxy) is 1. The first-order valence-electron chi connectivity index (χ1n) is 7.02. The number of hydrogen-bond acceptors (Lipinski definition) is 6. The van der Waals surface area contributed by atoms with Crippen LogP contribution in [0.3, 0.4) is 0 Å². The van der Waals surface area contributed by atoms with Crippen LogP contribution in [-0.4, -0.2) is 28.1 Å². The molecule has 0 aliphatic heterocycles. The Morgan fingerprint density at radius 2 is 2.12 bits per heavy atom. The molecule has 0 bridgehead atoms. The van der Waals surface area contributed by atoms with Crippen molar-refractivity contribution in [2.75, 3.05) is 11.9 Å². The van der Waals surface area contributed by atoms with Crippen molar-refractivity contribution in [2.45, 2.75) is 6.61 Å². The van der Waals surface area contributed by atoms with E-state index < -0.39 is 0 Å². The Bertz CT molecular complexity index is 842. The molecule has 8 heteroatoms. The van der Waals surface area contributed by atoms with E-state index in [1.54, 1.807) is 37.4 Å². The van der Waals surface area contributed by atoms with Gasteiger partial charge >= 0.3 is 0 Å². The number of pyridine rings is 1. The van der Waals surface area contributed by atoms with E-state index in [4.69, 9.17) is 4.74 Å². The highest BCUT2D eigenvalue weighted by Crippen LogP contribution is 2.22. The lowest BCUT2D eigenvalue weighted by Gasteiger charge is -2.15. The number of carbonyl (C=O) groups excluding carboxylic acids is 1. The Morgan fingerprint density at radius 1 is 1.29 bits per heavy atom. The number of anilines is 1. The molecule has 0 saturated heterocycles. The molecule has 3 rings (SSSR count). The first-order chi connectivity index (χ1) is 11.7. The molecule has 122 valence electrons. The molecule has 2 aromatic heterocycles. The molecule has 0 radical (unpaired) electrons. The molecular formula is C16H13FN4O2S. The molecule has 0 spiro atoms. The van der Waals surface area contributed by atoms with Gasteiger partial charge in [-0.25, -0.2) is 9.37 Å². The van der Waals surface area contributed by atoms with Gasteiger partial charge in [0.05, 0.1) is 0 Å². The molecule has 1 amide bonds. The smallest absolute Gasteiger partial charge is 0.265 e. The van der Waals surface area contributed by atoms with Gasteiger partial charge in [0.1, 0.15) is 23.5 Å². The van der Waals surface area contributed by atoms with Gasteiger partial charge in [0, 0.05) is 18.8 Å². The van der Waals surface area contributed by atoms with Gasteiger partial charge in [0.2, 0.25) is 11.0 Å². The Kier molecular flexibility index (Phi) is 4.76. The molecule has 6 nitrogen and oxygen atoms in total. The van der Waals surface area contributed by atoms with Gasteiger partial charge in [-0.05, 0) is 18.2 Å². The second-order valence-electron chi connectivity index (χ2n) is 4.82. The second kappa shape index (κ2) is 7.14. The number of rotatable bonds is 5. The van der Waals surface area contributed by atoms with Crippen LogP contribution >= 0.6 is 11.3 Å². The standard InChI is InChI=1S/C16H13FN4O2S/c1-21(16-20-19-10-24-16)15(22)12-6-4-8-18-14(12)23-9-11-5-2-3-7-13(11)17/h2-8,10H,9H2,1H3. The first kappa shape index (κ1) is 16.0. The van der Waals surface area contributed by atoms with E-state index in [2.05, 4.69) is 15.2 Å². The van der Waals surface area contributed by atoms with Crippen LogP contribution in [-0.2, 0) is 6.61 Å². The zero-order chi connectivity index (χ0) is 16.9. The minimum absolute atomic E-state index is 0.0213. The van der Waals surface area contributed by atoms with Crippen LogP contribution in [0.2, 0.25) is 0 Å². The summed E-state index contributed by atoms with van der Waals surface area (Å²) in [5, 5.41) is 8.04. The molecule has 0 aliphatic rings. The molecule has 1 aromatic carbocycles. The topological polar surface area (TPSA) is 68.2 Å². The molecule has 0 aliphatic carbocycles. The highest BCUT2D eigenvalue weighted by Gasteiger charge is 2.21. The van der Waals surface area contributed by atoms with Crippen molar-refractivity contribution in [3.05, 3.63) is 65.0 Å². The van der Waals surface area contributed by atoms with E-state index in [0.717, 1.165) is 0 Å². The van der Waals surface area contributed by atoms with Crippen molar-refractivity contribution in [3.63, 3.8) is 0 Å². The molecule has 2 heterocycles. The predicted molar refractivity (Wildman–Crippen MR) is 87.6 cm³/mol. The summed E-state index contributed by atoms with van der Waals surface area (Å²) in [6.45, 7) is -0.0213. The number of halogens is 1. The summed E-state index contributed by atoms with van der Waals surface area (Å²) < 4.78 is 19.2. The zero-order valence-corrected chi connectivity index (χ0v) is 13.5. The van der Waals surface area contributed by atoms with Crippen LogP contribution in [0.25, 0.3) is 0 Å². The minimum atomic E-state index is -0.368. The predicted octanol–water partition coefficient (Wildman–Crippen LogP) is 2.93. The highest BCUT2D eigenvalue weighted by molar-refractivity contribution is 7.13. The van der Waals surface area contributed by atoms with Crippen LogP contribution in [0.5, 0.6) is 5.88 Å². The fourth-order valence-corrected chi connectivity index (χ4v) is 2.53. The number of aromatic nitrogens is 3. The van der Waals surface area contributed by atoms with Gasteiger partial charge in [-0.15, -0.1) is 10.2 Å². The van der Waals surface area contributed by atoms with E-state index in [0.29, 0.717) is 10.7 Å². The molecule has 0 unspecified atom stereocenters. The van der Waals surface area contributed by atoms with Crippen molar-refractivity contribution in [1.29, 1.82) is 0 Å². The molecular weight excluding hydrogens is 331 g/mol. The van der Waals surface area contributed by atoms with Gasteiger partial charge in [-0.3, -0.25) is 9.69 Å². The number of carbonyl (C=O) groups is 1. The summed E-state index contributed by atoms with van der Waals surface area (Å²) in [5.41, 5.74) is 2.20. The van der Waals surface area contributed by atoms with Crippen molar-refractivity contribution in [2.24, 2.45) is 0 Å². The fourth-order valence-electron chi connectivity index (χ4n) is 2.01. The van der Waals surface area contributed by atoms with E-state index >= 15 is 0 Å². The lowest BCUT2D eigenvalue weighted by atomic mass is 10.2. The third-order valence-electron chi connectivity index (χ3n) is 3.26. The molecule has 0 fully saturated rings. The van der Waals surface area contributed by atoms with E-state index in [-0.39, 0.29) is 29.8 Å². The molecule has 0 N–H and O–H groups in total. The Hall–Kier alpha value is -2.87. The second-order valence-corrected chi connectivity index (χ2v) is 5.63. The Balaban J connectivity index is 1.80. The highest BCUT2D eigenvalue weighted by atomic mass is 32.1. The number of hydrogen-bond donors (Lipinski definition) is 0. The largest absolute Gasteiger partial charge is 0.472 e. The molecule has 0 atom stereocenters. The molecule has 0 saturated carbocycles. The third kappa shape index (κ3) is 3.38. The molecule has 24 heavy (non-hydrogen) atoms. The maximum absolute atomic E-state index is 13.7. The van der Waals surface area contributed by atoms with E-state index in [1.165, 1.54) is 34.0 Å². The van der Waals surface area contributed by atoms with Crippen molar-refractivity contribution in [1.82, 2.24) is 15.2 Å². The quantitative estimate of drug-likeness (QED) is 0.712. The van der Waals surface area contributed by atoms with E-state index in [9.17, 15) is 9.18 Å². The van der Waals surface area contributed by atoms with Crippen LogP contribution in [0.1, 0.15) is 15.9 Å². The third-order valence-corrected chi connectivity index (χ3v) is 4.03. The lowest BCUT2D eigenvalue weighted by molar-refractivity contribution is 0.0987. The maximum Gasteiger partial charge on any atom is 0.265 e. The average molecular weight is 344 g/mol. The van der Waals surface area contributed by atoms with Gasteiger partial charge in [-0.2, -0.15) is 0 Å². The van der Waals surface area contributed by atoms with Crippen LogP contribution in [0, 0.1) is 5.82 Å². The van der Waals surface area contributed by atoms with Crippen molar-refractivity contribution < 1.29 is 13.9 Å². The summed E-state index contributed by atoms with van der Waals surface area (Å²) in [6.07, 6.45) is 1.51. The maximum atomic E-state index is 13.7. The van der Waals surface area contributed by atoms with E-state index in [1.807, 2.05) is 0 Å². The summed E-state index contributed by atoms with van der Waals surface area (Å²) in [5.74, 6) is -0.558. The van der Waals surface area contributed by atoms with Gasteiger partial charge in [-0.1, -0.05) is 29.5 Å². The monoisotopic (exact) mass is 344 g/mol. The zero-order valence-electron chi connectivity index (χ0n) is 12.7. The average Bonchev–Trinajstić information content (AvgIpc) is 3.15. The van der Waals surface area contributed by atoms with Crippen LogP contribution in [0.4, 0.5) is 9.52 Å². The van der Waals surface area contributed by atoms with Crippen molar-refractivity contribution >= 4 is 22.4 Å². The van der Waals surface area contributed by atoms with Crippen molar-refractivity contribution in [3.8, 4) is 5.88 Å². The van der Waals surface area contributed by atoms with Gasteiger partial charge in [0.25, 0.3) is 5.91 Å². The Morgan fingerprint density at radius 3 is 2.88 bits per heavy atom. The van der Waals surface area contributed by atoms with Crippen LogP contribution < -0.4 is 9.64 Å². The first-order valence-corrected chi connectivity index (χ1v) is 7.90. The van der Waals surface area contributed by atoms with Gasteiger partial charge in [0.15, 0.2) is 0 Å². The summed E-state index contributed by atoms with van der Waals surface area (Å²) in [7, 11) is 1.59. The summed E-state index contributed by atoms with van der Waals surface area (Å²) in [6, 6.07) is 9.53. The normalized spacial score (nSPS) is 10.4. The number of benzene rings is 1. The molecule has 3 aromatic rings. The SMILES string of the molecule is CN(C(=O)c1cccnc1OCc1ccccc1F)c1nncs1. The lowest BCUT2D eigenvalue weighted by Crippen LogP contribution is -2.27. The summed E-state index contributed by atoms with van der Waals surface area (Å²) in [4.78, 5) is 18.1. The fraction of sp³-hybridized carbons (Fsp3) is 0.125. The van der Waals surface area contributed by atoms with Gasteiger partial charge < -0.3 is 4.74 Å². The Labute approximate surface area is 141 Å². The number of nitrogens with zero attached hydrogens (tertiary/aromatic N) is 4. The number of amides is 1. The van der Waals surface area contributed by atoms with Crippen LogP contribution in [0.15, 0.2) is 48.1 Å². The minimum Gasteiger partial charge on any atom is -0.472 e. The summed E-state index contributed by atoms with van der Waals surface area (Å²) >= 11 is 1.24.